The van der Waals surface area contributed by atoms with Gasteiger partial charge in [-0.05, 0) is 23.9 Å². The summed E-state index contributed by atoms with van der Waals surface area (Å²) >= 11 is 1.51. The minimum absolute atomic E-state index is 0.0361. The lowest BCUT2D eigenvalue weighted by molar-refractivity contribution is -0.135. The molecule has 1 rings (SSSR count). The molecule has 4 nitrogen and oxygen atoms in total. The number of hydrogen-bond donors (Lipinski definition) is 1. The summed E-state index contributed by atoms with van der Waals surface area (Å²) in [6, 6.07) is 1.93. The Labute approximate surface area is 111 Å². The number of carbonyl (C=O) groups is 1. The molecule has 0 unspecified atom stereocenters. The summed E-state index contributed by atoms with van der Waals surface area (Å²) in [6.45, 7) is 2.93. The summed E-state index contributed by atoms with van der Waals surface area (Å²) < 4.78 is 5.07. The van der Waals surface area contributed by atoms with Gasteiger partial charge in [0.25, 0.3) is 0 Å². The van der Waals surface area contributed by atoms with Crippen molar-refractivity contribution in [2.75, 3.05) is 26.9 Å². The van der Waals surface area contributed by atoms with Crippen LogP contribution in [0.25, 0.3) is 0 Å². The number of carbonyl (C=O) groups excluding carboxylic acids is 1. The summed E-state index contributed by atoms with van der Waals surface area (Å²) in [4.78, 5) is 14.1. The van der Waals surface area contributed by atoms with Crippen LogP contribution in [0.1, 0.15) is 17.4 Å². The van der Waals surface area contributed by atoms with E-state index in [9.17, 15) is 4.79 Å². The maximum Gasteiger partial charge on any atom is 0.248 e. The van der Waals surface area contributed by atoms with Crippen molar-refractivity contribution in [3.63, 3.8) is 0 Å². The average molecular weight is 267 g/mol. The molecule has 0 aromatic carbocycles. The Hall–Kier alpha value is -1.35. The number of hydrogen-bond acceptors (Lipinski definition) is 4. The second kappa shape index (κ2) is 7.88. The summed E-state index contributed by atoms with van der Waals surface area (Å²) in [5.41, 5.74) is 1.04. The molecule has 0 aliphatic heterocycles. The van der Waals surface area contributed by atoms with Gasteiger partial charge in [0.2, 0.25) is 5.91 Å². The molecule has 0 spiro atoms. The van der Waals surface area contributed by atoms with E-state index < -0.39 is 0 Å². The molecule has 1 heterocycles. The third-order valence-electron chi connectivity index (χ3n) is 2.22. The lowest BCUT2D eigenvalue weighted by Gasteiger charge is -2.15. The lowest BCUT2D eigenvalue weighted by atomic mass is 10.3. The van der Waals surface area contributed by atoms with Crippen molar-refractivity contribution < 1.29 is 14.6 Å². The molecule has 0 saturated carbocycles. The second-order valence-electron chi connectivity index (χ2n) is 3.67. The fourth-order valence-electron chi connectivity index (χ4n) is 1.31. The number of likely N-dealkylation sites (N-methyl/N-ethyl adjacent to an activating group) is 1. The van der Waals surface area contributed by atoms with Gasteiger partial charge in [0.1, 0.15) is 13.2 Å². The molecule has 0 saturated heterocycles. The standard InChI is InChI=1S/C13H17NO3S/c1-3-17-9-13(16)14(2)8-11-7-12(18-10-11)5-4-6-15/h7,10,15H,3,6,8-9H2,1-2H3. The third-order valence-corrected chi connectivity index (χ3v) is 3.11. The van der Waals surface area contributed by atoms with Crippen molar-refractivity contribution >= 4 is 17.2 Å². The van der Waals surface area contributed by atoms with E-state index in [1.807, 2.05) is 18.4 Å². The minimum atomic E-state index is -0.139. The van der Waals surface area contributed by atoms with Crippen molar-refractivity contribution in [1.29, 1.82) is 0 Å². The highest BCUT2D eigenvalue weighted by molar-refractivity contribution is 7.10. The van der Waals surface area contributed by atoms with E-state index in [1.165, 1.54) is 11.3 Å². The van der Waals surface area contributed by atoms with Crippen molar-refractivity contribution in [2.24, 2.45) is 0 Å². The highest BCUT2D eigenvalue weighted by Crippen LogP contribution is 2.15. The first-order valence-electron chi connectivity index (χ1n) is 5.66. The zero-order valence-electron chi connectivity index (χ0n) is 10.6. The Balaban J connectivity index is 2.51. The van der Waals surface area contributed by atoms with Crippen LogP contribution in [0, 0.1) is 11.8 Å². The Bertz CT molecular complexity index is 445. The quantitative estimate of drug-likeness (QED) is 0.812. The zero-order chi connectivity index (χ0) is 13.4. The van der Waals surface area contributed by atoms with E-state index >= 15 is 0 Å². The minimum Gasteiger partial charge on any atom is -0.384 e. The molecule has 0 bridgehead atoms. The molecule has 1 aromatic heterocycles. The first-order valence-corrected chi connectivity index (χ1v) is 6.54. The van der Waals surface area contributed by atoms with Gasteiger partial charge in [-0.2, -0.15) is 0 Å². The van der Waals surface area contributed by atoms with Gasteiger partial charge in [-0.15, -0.1) is 11.3 Å². The molecule has 18 heavy (non-hydrogen) atoms. The van der Waals surface area contributed by atoms with Crippen LogP contribution in [0.15, 0.2) is 11.4 Å². The van der Waals surface area contributed by atoms with Crippen molar-refractivity contribution in [3.8, 4) is 11.8 Å². The number of amides is 1. The number of aliphatic hydroxyl groups excluding tert-OH is 1. The highest BCUT2D eigenvalue weighted by atomic mass is 32.1. The Morgan fingerprint density at radius 3 is 3.06 bits per heavy atom. The molecule has 1 amide bonds. The van der Waals surface area contributed by atoms with Gasteiger partial charge >= 0.3 is 0 Å². The van der Waals surface area contributed by atoms with E-state index in [2.05, 4.69) is 11.8 Å². The molecule has 0 fully saturated rings. The van der Waals surface area contributed by atoms with E-state index in [4.69, 9.17) is 9.84 Å². The number of rotatable bonds is 5. The van der Waals surface area contributed by atoms with E-state index in [0.29, 0.717) is 13.2 Å². The van der Waals surface area contributed by atoms with Crippen LogP contribution in [0.4, 0.5) is 0 Å². The molecule has 0 aliphatic rings. The van der Waals surface area contributed by atoms with Gasteiger partial charge in [-0.3, -0.25) is 4.79 Å². The molecular formula is C13H17NO3S. The number of aliphatic hydroxyl groups is 1. The van der Waals surface area contributed by atoms with E-state index in [1.54, 1.807) is 11.9 Å². The van der Waals surface area contributed by atoms with Crippen LogP contribution in [0.2, 0.25) is 0 Å². The van der Waals surface area contributed by atoms with Crippen LogP contribution in [-0.4, -0.2) is 42.8 Å². The Morgan fingerprint density at radius 2 is 2.39 bits per heavy atom. The number of ether oxygens (including phenoxy) is 1. The topological polar surface area (TPSA) is 49.8 Å². The van der Waals surface area contributed by atoms with Crippen LogP contribution >= 0.6 is 11.3 Å². The van der Waals surface area contributed by atoms with E-state index in [-0.39, 0.29) is 19.1 Å². The average Bonchev–Trinajstić information content (AvgIpc) is 2.80. The molecule has 1 aromatic rings. The molecule has 1 N–H and O–H groups in total. The predicted octanol–water partition coefficient (Wildman–Crippen LogP) is 1.09. The van der Waals surface area contributed by atoms with Gasteiger partial charge in [0.15, 0.2) is 0 Å². The van der Waals surface area contributed by atoms with E-state index in [0.717, 1.165) is 10.4 Å². The maximum absolute atomic E-state index is 11.6. The van der Waals surface area contributed by atoms with Crippen LogP contribution < -0.4 is 0 Å². The number of thiophene rings is 1. The van der Waals surface area contributed by atoms with Gasteiger partial charge in [0.05, 0.1) is 4.88 Å². The summed E-state index contributed by atoms with van der Waals surface area (Å²) in [5.74, 6) is 5.40. The molecule has 0 aliphatic carbocycles. The first kappa shape index (κ1) is 14.7. The largest absolute Gasteiger partial charge is 0.384 e. The fourth-order valence-corrected chi connectivity index (χ4v) is 2.08. The molecule has 5 heteroatoms. The normalized spacial score (nSPS) is 9.72. The Kier molecular flexibility index (Phi) is 6.44. The van der Waals surface area contributed by atoms with Gasteiger partial charge in [-0.1, -0.05) is 11.8 Å². The van der Waals surface area contributed by atoms with Crippen molar-refractivity contribution in [2.45, 2.75) is 13.5 Å². The second-order valence-corrected chi connectivity index (χ2v) is 4.58. The summed E-state index contributed by atoms with van der Waals surface area (Å²) in [5, 5.41) is 10.6. The molecule has 0 radical (unpaired) electrons. The maximum atomic E-state index is 11.6. The van der Waals surface area contributed by atoms with Crippen LogP contribution in [0.3, 0.4) is 0 Å². The lowest BCUT2D eigenvalue weighted by Crippen LogP contribution is -2.29. The predicted molar refractivity (Wildman–Crippen MR) is 71.2 cm³/mol. The summed E-state index contributed by atoms with van der Waals surface area (Å²) in [7, 11) is 1.75. The number of nitrogens with zero attached hydrogens (tertiary/aromatic N) is 1. The summed E-state index contributed by atoms with van der Waals surface area (Å²) in [6.07, 6.45) is 0. The van der Waals surface area contributed by atoms with Crippen LogP contribution in [0.5, 0.6) is 0 Å². The molecule has 0 atom stereocenters. The zero-order valence-corrected chi connectivity index (χ0v) is 11.4. The SMILES string of the molecule is CCOCC(=O)N(C)Cc1csc(C#CCO)c1. The van der Waals surface area contributed by atoms with Gasteiger partial charge < -0.3 is 14.7 Å². The van der Waals surface area contributed by atoms with Crippen molar-refractivity contribution in [3.05, 3.63) is 21.9 Å². The van der Waals surface area contributed by atoms with Crippen LogP contribution in [-0.2, 0) is 16.1 Å². The first-order chi connectivity index (χ1) is 8.67. The van der Waals surface area contributed by atoms with Gasteiger partial charge in [-0.25, -0.2) is 0 Å². The van der Waals surface area contributed by atoms with Gasteiger partial charge in [0, 0.05) is 20.2 Å². The van der Waals surface area contributed by atoms with Crippen molar-refractivity contribution in [1.82, 2.24) is 4.90 Å². The Morgan fingerprint density at radius 1 is 1.61 bits per heavy atom. The highest BCUT2D eigenvalue weighted by Gasteiger charge is 2.09. The molecular weight excluding hydrogens is 250 g/mol. The smallest absolute Gasteiger partial charge is 0.248 e. The molecule has 98 valence electrons. The fraction of sp³-hybridized carbons (Fsp3) is 0.462. The third kappa shape index (κ3) is 4.88. The monoisotopic (exact) mass is 267 g/mol.